The van der Waals surface area contributed by atoms with Crippen LogP contribution in [0.25, 0.3) is 0 Å². The molecule has 7 nitrogen and oxygen atoms in total. The number of halogens is 1. The number of amides is 1. The molecule has 9 heteroatoms. The first-order valence-electron chi connectivity index (χ1n) is 9.75. The molecule has 2 aromatic carbocycles. The average Bonchev–Trinajstić information content (AvgIpc) is 2.75. The van der Waals surface area contributed by atoms with E-state index in [1.807, 2.05) is 0 Å². The summed E-state index contributed by atoms with van der Waals surface area (Å²) in [6.45, 7) is -0.316. The van der Waals surface area contributed by atoms with Gasteiger partial charge >= 0.3 is 0 Å². The minimum atomic E-state index is -3.81. The first kappa shape index (κ1) is 22.5. The Morgan fingerprint density at radius 2 is 1.87 bits per heavy atom. The minimum Gasteiger partial charge on any atom is -0.507 e. The maximum Gasteiger partial charge on any atom is 0.255 e. The van der Waals surface area contributed by atoms with Crippen LogP contribution in [-0.2, 0) is 14.8 Å². The van der Waals surface area contributed by atoms with Crippen LogP contribution in [-0.4, -0.2) is 42.5 Å². The highest BCUT2D eigenvalue weighted by Crippen LogP contribution is 2.27. The summed E-state index contributed by atoms with van der Waals surface area (Å²) >= 11 is 3.30. The van der Waals surface area contributed by atoms with Crippen molar-refractivity contribution in [1.82, 2.24) is 9.73 Å². The maximum absolute atomic E-state index is 13.2. The predicted molar refractivity (Wildman–Crippen MR) is 119 cm³/mol. The van der Waals surface area contributed by atoms with Crippen LogP contribution in [0.4, 0.5) is 0 Å². The van der Waals surface area contributed by atoms with Crippen LogP contribution in [0.1, 0.15) is 37.7 Å². The van der Waals surface area contributed by atoms with Crippen molar-refractivity contribution in [2.24, 2.45) is 5.10 Å². The lowest BCUT2D eigenvalue weighted by atomic mass is 9.95. The second-order valence-corrected chi connectivity index (χ2v) is 9.96. The zero-order chi connectivity index (χ0) is 21.6. The number of hydrazone groups is 1. The molecule has 3 rings (SSSR count). The molecule has 0 spiro atoms. The number of phenolic OH excluding ortho intramolecular Hbond substituents is 1. The fourth-order valence-corrected chi connectivity index (χ4v) is 5.53. The largest absolute Gasteiger partial charge is 0.507 e. The monoisotopic (exact) mass is 493 g/mol. The van der Waals surface area contributed by atoms with Gasteiger partial charge in [0.1, 0.15) is 5.75 Å². The standard InChI is InChI=1S/C21H24BrN3O4S/c22-17-11-12-20(26)16(13-17)14-23-24-21(27)15-25(18-7-3-1-4-8-18)30(28,29)19-9-5-2-6-10-19/h2,5-6,9-14,18,26H,1,3-4,7-8,15H2,(H,24,27). The van der Waals surface area contributed by atoms with E-state index in [1.54, 1.807) is 30.3 Å². The maximum atomic E-state index is 13.2. The smallest absolute Gasteiger partial charge is 0.255 e. The van der Waals surface area contributed by atoms with Gasteiger partial charge in [-0.1, -0.05) is 53.4 Å². The summed E-state index contributed by atoms with van der Waals surface area (Å²) in [6.07, 6.45) is 5.72. The lowest BCUT2D eigenvalue weighted by Crippen LogP contribution is -2.46. The summed E-state index contributed by atoms with van der Waals surface area (Å²) in [4.78, 5) is 12.7. The molecule has 2 aromatic rings. The first-order valence-corrected chi connectivity index (χ1v) is 12.0. The van der Waals surface area contributed by atoms with Crippen molar-refractivity contribution in [1.29, 1.82) is 0 Å². The van der Waals surface area contributed by atoms with E-state index in [-0.39, 0.29) is 23.2 Å². The second-order valence-electron chi connectivity index (χ2n) is 7.15. The van der Waals surface area contributed by atoms with Crippen LogP contribution in [0.2, 0.25) is 0 Å². The molecule has 160 valence electrons. The molecule has 1 aliphatic carbocycles. The van der Waals surface area contributed by atoms with E-state index in [4.69, 9.17) is 0 Å². The number of carbonyl (C=O) groups is 1. The second kappa shape index (κ2) is 10.2. The molecule has 30 heavy (non-hydrogen) atoms. The Kier molecular flexibility index (Phi) is 7.63. The fourth-order valence-electron chi connectivity index (χ4n) is 3.49. The third-order valence-corrected chi connectivity index (χ3v) is 7.42. The minimum absolute atomic E-state index is 0.0201. The normalized spacial score (nSPS) is 15.5. The average molecular weight is 494 g/mol. The van der Waals surface area contributed by atoms with Crippen LogP contribution in [0.15, 0.2) is 63.0 Å². The number of sulfonamides is 1. The molecule has 0 bridgehead atoms. The predicted octanol–water partition coefficient (Wildman–Crippen LogP) is 3.63. The number of hydrogen-bond donors (Lipinski definition) is 2. The number of phenols is 1. The molecule has 1 amide bonds. The van der Waals surface area contributed by atoms with E-state index in [0.717, 1.165) is 36.6 Å². The van der Waals surface area contributed by atoms with Crippen molar-refractivity contribution >= 4 is 38.1 Å². The van der Waals surface area contributed by atoms with Crippen molar-refractivity contribution in [2.45, 2.75) is 43.0 Å². The SMILES string of the molecule is O=C(CN(C1CCCCC1)S(=O)(=O)c1ccccc1)NN=Cc1cc(Br)ccc1O. The van der Waals surface area contributed by atoms with Gasteiger partial charge in [-0.3, -0.25) is 4.79 Å². The van der Waals surface area contributed by atoms with E-state index >= 15 is 0 Å². The summed E-state index contributed by atoms with van der Waals surface area (Å²) in [5, 5.41) is 13.7. The number of aromatic hydroxyl groups is 1. The molecule has 1 saturated carbocycles. The Bertz CT molecular complexity index is 1010. The first-order chi connectivity index (χ1) is 14.4. The molecular formula is C21H24BrN3O4S. The van der Waals surface area contributed by atoms with Crippen LogP contribution in [0.3, 0.4) is 0 Å². The highest BCUT2D eigenvalue weighted by molar-refractivity contribution is 9.10. The Morgan fingerprint density at radius 3 is 2.57 bits per heavy atom. The molecule has 1 aliphatic rings. The Morgan fingerprint density at radius 1 is 1.17 bits per heavy atom. The van der Waals surface area contributed by atoms with Gasteiger partial charge in [-0.25, -0.2) is 13.8 Å². The molecular weight excluding hydrogens is 470 g/mol. The van der Waals surface area contributed by atoms with Crippen molar-refractivity contribution in [3.8, 4) is 5.75 Å². The van der Waals surface area contributed by atoms with Gasteiger partial charge in [0.05, 0.1) is 17.7 Å². The van der Waals surface area contributed by atoms with E-state index in [9.17, 15) is 18.3 Å². The molecule has 0 saturated heterocycles. The summed E-state index contributed by atoms with van der Waals surface area (Å²) < 4.78 is 28.5. The number of rotatable bonds is 7. The third-order valence-electron chi connectivity index (χ3n) is 5.01. The molecule has 1 fully saturated rings. The molecule has 0 heterocycles. The molecule has 0 radical (unpaired) electrons. The van der Waals surface area contributed by atoms with Gasteiger partial charge in [0.2, 0.25) is 10.0 Å². The van der Waals surface area contributed by atoms with E-state index in [1.165, 1.54) is 28.7 Å². The Hall–Kier alpha value is -2.23. The van der Waals surface area contributed by atoms with Crippen molar-refractivity contribution < 1.29 is 18.3 Å². The fraction of sp³-hybridized carbons (Fsp3) is 0.333. The van der Waals surface area contributed by atoms with E-state index < -0.39 is 15.9 Å². The Labute approximate surface area is 185 Å². The third kappa shape index (κ3) is 5.68. The van der Waals surface area contributed by atoms with Gasteiger partial charge in [0, 0.05) is 16.1 Å². The summed E-state index contributed by atoms with van der Waals surface area (Å²) in [5.74, 6) is -0.516. The highest BCUT2D eigenvalue weighted by atomic mass is 79.9. The van der Waals surface area contributed by atoms with Gasteiger partial charge < -0.3 is 5.11 Å². The van der Waals surface area contributed by atoms with Gasteiger partial charge in [-0.15, -0.1) is 0 Å². The zero-order valence-corrected chi connectivity index (χ0v) is 18.8. The number of nitrogens with one attached hydrogen (secondary N) is 1. The summed E-state index contributed by atoms with van der Waals surface area (Å²) in [5.41, 5.74) is 2.79. The molecule has 0 aromatic heterocycles. The topological polar surface area (TPSA) is 99.1 Å². The van der Waals surface area contributed by atoms with Gasteiger partial charge in [0.15, 0.2) is 0 Å². The number of benzene rings is 2. The van der Waals surface area contributed by atoms with Gasteiger partial charge in [0.25, 0.3) is 5.91 Å². The van der Waals surface area contributed by atoms with Crippen LogP contribution < -0.4 is 5.43 Å². The van der Waals surface area contributed by atoms with Gasteiger partial charge in [-0.05, 0) is 43.2 Å². The van der Waals surface area contributed by atoms with Crippen molar-refractivity contribution in [2.75, 3.05) is 6.54 Å². The zero-order valence-electron chi connectivity index (χ0n) is 16.4. The lowest BCUT2D eigenvalue weighted by Gasteiger charge is -2.32. The van der Waals surface area contributed by atoms with Crippen LogP contribution >= 0.6 is 15.9 Å². The molecule has 0 aliphatic heterocycles. The molecule has 0 unspecified atom stereocenters. The lowest BCUT2D eigenvalue weighted by molar-refractivity contribution is -0.121. The number of carbonyl (C=O) groups excluding carboxylic acids is 1. The molecule has 0 atom stereocenters. The highest BCUT2D eigenvalue weighted by Gasteiger charge is 2.33. The summed E-state index contributed by atoms with van der Waals surface area (Å²) in [6, 6.07) is 12.8. The van der Waals surface area contributed by atoms with Gasteiger partial charge in [-0.2, -0.15) is 9.41 Å². The van der Waals surface area contributed by atoms with Crippen molar-refractivity contribution in [3.05, 3.63) is 58.6 Å². The van der Waals surface area contributed by atoms with E-state index in [0.29, 0.717) is 5.56 Å². The summed E-state index contributed by atoms with van der Waals surface area (Å²) in [7, 11) is -3.81. The van der Waals surface area contributed by atoms with Crippen molar-refractivity contribution in [3.63, 3.8) is 0 Å². The molecule has 2 N–H and O–H groups in total. The number of nitrogens with zero attached hydrogens (tertiary/aromatic N) is 2. The quantitative estimate of drug-likeness (QED) is 0.454. The van der Waals surface area contributed by atoms with Crippen LogP contribution in [0, 0.1) is 0 Å². The van der Waals surface area contributed by atoms with Crippen LogP contribution in [0.5, 0.6) is 5.75 Å². The number of hydrogen-bond acceptors (Lipinski definition) is 5. The Balaban J connectivity index is 1.75. The van der Waals surface area contributed by atoms with E-state index in [2.05, 4.69) is 26.5 Å².